The fourth-order valence-corrected chi connectivity index (χ4v) is 7.50. The van der Waals surface area contributed by atoms with E-state index < -0.39 is 0 Å². The molecule has 2 atom stereocenters. The molecule has 1 aliphatic carbocycles. The van der Waals surface area contributed by atoms with Gasteiger partial charge in [0.25, 0.3) is 5.91 Å². The van der Waals surface area contributed by atoms with Gasteiger partial charge >= 0.3 is 6.01 Å². The highest BCUT2D eigenvalue weighted by Crippen LogP contribution is 2.47. The minimum Gasteiger partial charge on any atom is -0.508 e. The van der Waals surface area contributed by atoms with Crippen molar-refractivity contribution in [1.82, 2.24) is 25.1 Å². The van der Waals surface area contributed by atoms with E-state index in [-0.39, 0.29) is 17.1 Å². The number of anilines is 1. The lowest BCUT2D eigenvalue weighted by Crippen LogP contribution is -2.51. The number of nitrogens with one attached hydrogen (secondary N) is 1. The molecule has 0 radical (unpaired) electrons. The van der Waals surface area contributed by atoms with Gasteiger partial charge in [0.1, 0.15) is 11.6 Å². The number of hydrogen-bond donors (Lipinski definition) is 2. The molecular weight excluding hydrogens is 556 g/mol. The zero-order valence-electron chi connectivity index (χ0n) is 24.9. The van der Waals surface area contributed by atoms with E-state index in [1.54, 1.807) is 11.0 Å². The molecule has 3 saturated heterocycles. The van der Waals surface area contributed by atoms with Crippen LogP contribution < -0.4 is 15.0 Å². The van der Waals surface area contributed by atoms with Crippen LogP contribution in [0, 0.1) is 17.8 Å². The average Bonchev–Trinajstić information content (AvgIpc) is 3.52. The van der Waals surface area contributed by atoms with Gasteiger partial charge in [-0.3, -0.25) is 9.69 Å². The SMILES string of the molecule is C#Cc1cccc2cc(O)cc(C(=O)N3Cc4nc(OCC5(CN6CCOCC6)CC5)nc(N5CC6CCC(C5)N6)c4C3)c12. The minimum atomic E-state index is -0.192. The largest absolute Gasteiger partial charge is 0.508 e. The van der Waals surface area contributed by atoms with E-state index in [0.717, 1.165) is 94.1 Å². The average molecular weight is 595 g/mol. The Balaban J connectivity index is 1.09. The van der Waals surface area contributed by atoms with Crippen LogP contribution in [-0.4, -0.2) is 95.4 Å². The summed E-state index contributed by atoms with van der Waals surface area (Å²) >= 11 is 0. The number of carbonyl (C=O) groups is 1. The molecule has 4 aliphatic heterocycles. The Labute approximate surface area is 257 Å². The van der Waals surface area contributed by atoms with Gasteiger partial charge in [-0.2, -0.15) is 9.97 Å². The van der Waals surface area contributed by atoms with Crippen LogP contribution in [-0.2, 0) is 17.8 Å². The number of terminal acetylenes is 1. The van der Waals surface area contributed by atoms with Gasteiger partial charge in [0.2, 0.25) is 0 Å². The first-order valence-electron chi connectivity index (χ1n) is 15.8. The fourth-order valence-electron chi connectivity index (χ4n) is 7.50. The number of phenols is 1. The number of phenolic OH excluding ortho intramolecular Hbond substituents is 1. The van der Waals surface area contributed by atoms with Gasteiger partial charge in [-0.05, 0) is 49.3 Å². The molecule has 44 heavy (non-hydrogen) atoms. The van der Waals surface area contributed by atoms with Crippen LogP contribution in [0.25, 0.3) is 10.8 Å². The van der Waals surface area contributed by atoms with E-state index in [4.69, 9.17) is 25.9 Å². The third-order valence-corrected chi connectivity index (χ3v) is 10.0. The summed E-state index contributed by atoms with van der Waals surface area (Å²) in [7, 11) is 0. The third-order valence-electron chi connectivity index (χ3n) is 10.0. The Morgan fingerprint density at radius 3 is 2.68 bits per heavy atom. The molecule has 4 fully saturated rings. The van der Waals surface area contributed by atoms with Crippen molar-refractivity contribution in [2.24, 2.45) is 5.41 Å². The summed E-state index contributed by atoms with van der Waals surface area (Å²) in [6.45, 7) is 7.58. The van der Waals surface area contributed by atoms with E-state index in [9.17, 15) is 9.90 Å². The van der Waals surface area contributed by atoms with Gasteiger partial charge in [0, 0.05) is 66.7 Å². The first-order valence-corrected chi connectivity index (χ1v) is 15.8. The van der Waals surface area contributed by atoms with Crippen molar-refractivity contribution in [2.75, 3.05) is 57.4 Å². The molecule has 3 aromatic rings. The first-order chi connectivity index (χ1) is 21.5. The summed E-state index contributed by atoms with van der Waals surface area (Å²) in [6.07, 6.45) is 10.4. The lowest BCUT2D eigenvalue weighted by atomic mass is 9.98. The van der Waals surface area contributed by atoms with Crippen molar-refractivity contribution in [2.45, 2.75) is 50.9 Å². The molecule has 0 spiro atoms. The molecule has 2 bridgehead atoms. The molecule has 1 saturated carbocycles. The Kier molecular flexibility index (Phi) is 6.85. The van der Waals surface area contributed by atoms with E-state index in [0.29, 0.717) is 54.3 Å². The van der Waals surface area contributed by atoms with Crippen LogP contribution in [0.1, 0.15) is 52.9 Å². The van der Waals surface area contributed by atoms with Crippen molar-refractivity contribution in [3.63, 3.8) is 0 Å². The summed E-state index contributed by atoms with van der Waals surface area (Å²) in [5.41, 5.74) is 2.96. The van der Waals surface area contributed by atoms with Crippen molar-refractivity contribution in [3.8, 4) is 24.1 Å². The summed E-state index contributed by atoms with van der Waals surface area (Å²) in [5.74, 6) is 3.43. The predicted molar refractivity (Wildman–Crippen MR) is 166 cm³/mol. The normalized spacial score (nSPS) is 23.9. The third kappa shape index (κ3) is 5.13. The summed E-state index contributed by atoms with van der Waals surface area (Å²) in [6, 6.07) is 9.96. The lowest BCUT2D eigenvalue weighted by molar-refractivity contribution is 0.0231. The summed E-state index contributed by atoms with van der Waals surface area (Å²) in [4.78, 5) is 30.7. The second kappa shape index (κ2) is 10.9. The number of fused-ring (bicyclic) bond motifs is 4. The second-order valence-electron chi connectivity index (χ2n) is 13.2. The Bertz CT molecular complexity index is 1650. The number of piperazine rings is 1. The van der Waals surface area contributed by atoms with Crippen molar-refractivity contribution in [3.05, 3.63) is 52.7 Å². The number of nitrogens with zero attached hydrogens (tertiary/aromatic N) is 5. The molecule has 2 unspecified atom stereocenters. The van der Waals surface area contributed by atoms with Gasteiger partial charge in [-0.15, -0.1) is 6.42 Å². The zero-order valence-corrected chi connectivity index (χ0v) is 24.9. The highest BCUT2D eigenvalue weighted by molar-refractivity contribution is 6.09. The number of hydrogen-bond acceptors (Lipinski definition) is 9. The van der Waals surface area contributed by atoms with E-state index in [2.05, 4.69) is 21.0 Å². The molecule has 1 aromatic heterocycles. The van der Waals surface area contributed by atoms with Crippen LogP contribution in [0.15, 0.2) is 30.3 Å². The van der Waals surface area contributed by atoms with Crippen molar-refractivity contribution >= 4 is 22.5 Å². The highest BCUT2D eigenvalue weighted by Gasteiger charge is 2.45. The maximum Gasteiger partial charge on any atom is 0.318 e. The number of morpholine rings is 1. The van der Waals surface area contributed by atoms with Gasteiger partial charge in [0.15, 0.2) is 0 Å². The van der Waals surface area contributed by atoms with Crippen LogP contribution >= 0.6 is 0 Å². The summed E-state index contributed by atoms with van der Waals surface area (Å²) in [5, 5.41) is 15.6. The molecule has 5 heterocycles. The first kappa shape index (κ1) is 27.6. The monoisotopic (exact) mass is 594 g/mol. The molecule has 10 nitrogen and oxygen atoms in total. The smallest absolute Gasteiger partial charge is 0.318 e. The number of rotatable bonds is 7. The predicted octanol–water partition coefficient (Wildman–Crippen LogP) is 2.90. The number of aromatic hydroxyl groups is 1. The topological polar surface area (TPSA) is 103 Å². The maximum absolute atomic E-state index is 14.1. The number of ether oxygens (including phenoxy) is 2. The second-order valence-corrected chi connectivity index (χ2v) is 13.2. The molecule has 8 rings (SSSR count). The Morgan fingerprint density at radius 1 is 1.14 bits per heavy atom. The number of amides is 1. The van der Waals surface area contributed by atoms with Gasteiger partial charge < -0.3 is 29.7 Å². The van der Waals surface area contributed by atoms with Gasteiger partial charge in [-0.25, -0.2) is 0 Å². The minimum absolute atomic E-state index is 0.0327. The van der Waals surface area contributed by atoms with E-state index in [1.807, 2.05) is 18.2 Å². The van der Waals surface area contributed by atoms with Gasteiger partial charge in [-0.1, -0.05) is 18.1 Å². The van der Waals surface area contributed by atoms with Crippen LogP contribution in [0.5, 0.6) is 11.8 Å². The molecule has 1 amide bonds. The number of aromatic nitrogens is 2. The Hall–Kier alpha value is -3.91. The van der Waals surface area contributed by atoms with Gasteiger partial charge in [0.05, 0.1) is 44.2 Å². The molecule has 5 aliphatic rings. The molecule has 228 valence electrons. The van der Waals surface area contributed by atoms with E-state index >= 15 is 0 Å². The zero-order chi connectivity index (χ0) is 29.8. The maximum atomic E-state index is 14.1. The quantitative estimate of drug-likeness (QED) is 0.400. The number of benzene rings is 2. The van der Waals surface area contributed by atoms with E-state index in [1.165, 1.54) is 6.07 Å². The Morgan fingerprint density at radius 2 is 1.93 bits per heavy atom. The van der Waals surface area contributed by atoms with Crippen molar-refractivity contribution in [1.29, 1.82) is 0 Å². The fraction of sp³-hybridized carbons (Fsp3) is 0.500. The van der Waals surface area contributed by atoms with Crippen molar-refractivity contribution < 1.29 is 19.4 Å². The molecule has 2 aromatic carbocycles. The summed E-state index contributed by atoms with van der Waals surface area (Å²) < 4.78 is 11.9. The molecular formula is C34H38N6O4. The van der Waals surface area contributed by atoms with Crippen LogP contribution in [0.4, 0.5) is 5.82 Å². The lowest BCUT2D eigenvalue weighted by Gasteiger charge is -2.34. The molecule has 10 heteroatoms. The standard InChI is InChI=1S/C34H38N6O4/c1-2-22-4-3-5-23-14-26(41)15-27(30(22)23)32(42)40-18-28-29(19-40)36-33(37-31(28)39-16-24-6-7-25(17-39)35-24)44-21-34(8-9-34)20-38-10-12-43-13-11-38/h1,3-5,14-15,24-25,35,41H,6-13,16-21H2. The number of carbonyl (C=O) groups excluding carboxylic acids is 1. The van der Waals surface area contributed by atoms with Crippen LogP contribution in [0.2, 0.25) is 0 Å². The van der Waals surface area contributed by atoms with Crippen LogP contribution in [0.3, 0.4) is 0 Å². The molecule has 2 N–H and O–H groups in total. The highest BCUT2D eigenvalue weighted by atomic mass is 16.5.